The van der Waals surface area contributed by atoms with Crippen LogP contribution in [0.1, 0.15) is 31.4 Å². The van der Waals surface area contributed by atoms with Crippen LogP contribution in [-0.4, -0.2) is 32.9 Å². The van der Waals surface area contributed by atoms with Gasteiger partial charge in [-0.2, -0.15) is 0 Å². The third kappa shape index (κ3) is 4.19. The molecule has 1 fully saturated rings. The molecule has 0 aliphatic carbocycles. The number of methoxy groups -OCH3 is 1. The number of halogens is 1. The van der Waals surface area contributed by atoms with Gasteiger partial charge in [0.1, 0.15) is 0 Å². The molecule has 1 aliphatic rings. The summed E-state index contributed by atoms with van der Waals surface area (Å²) < 4.78 is 11.0. The van der Waals surface area contributed by atoms with E-state index in [0.29, 0.717) is 12.0 Å². The van der Waals surface area contributed by atoms with Crippen molar-refractivity contribution in [1.82, 2.24) is 5.32 Å². The monoisotopic (exact) mass is 297 g/mol. The van der Waals surface area contributed by atoms with Gasteiger partial charge in [-0.25, -0.2) is 0 Å². The SMILES string of the molecule is CO[C@H](CN[C@@H](C)C1CCOCC1)c1ccccc1Cl. The summed E-state index contributed by atoms with van der Waals surface area (Å²) in [4.78, 5) is 0. The molecule has 1 aromatic carbocycles. The van der Waals surface area contributed by atoms with Crippen molar-refractivity contribution >= 4 is 11.6 Å². The fraction of sp³-hybridized carbons (Fsp3) is 0.625. The molecule has 2 atom stereocenters. The van der Waals surface area contributed by atoms with E-state index in [4.69, 9.17) is 21.1 Å². The molecular formula is C16H24ClNO2. The van der Waals surface area contributed by atoms with Crippen molar-refractivity contribution in [2.45, 2.75) is 31.9 Å². The summed E-state index contributed by atoms with van der Waals surface area (Å²) in [6.45, 7) is 4.79. The van der Waals surface area contributed by atoms with Gasteiger partial charge in [-0.15, -0.1) is 0 Å². The maximum absolute atomic E-state index is 6.24. The van der Waals surface area contributed by atoms with Crippen molar-refractivity contribution in [3.63, 3.8) is 0 Å². The lowest BCUT2D eigenvalue weighted by Crippen LogP contribution is -2.39. The summed E-state index contributed by atoms with van der Waals surface area (Å²) in [6.07, 6.45) is 2.27. The Labute approximate surface area is 126 Å². The topological polar surface area (TPSA) is 30.5 Å². The highest BCUT2D eigenvalue weighted by molar-refractivity contribution is 6.31. The molecule has 3 nitrogen and oxygen atoms in total. The van der Waals surface area contributed by atoms with Gasteiger partial charge < -0.3 is 14.8 Å². The molecule has 1 N–H and O–H groups in total. The third-order valence-electron chi connectivity index (χ3n) is 4.13. The van der Waals surface area contributed by atoms with E-state index in [2.05, 4.69) is 12.2 Å². The average Bonchev–Trinajstić information content (AvgIpc) is 2.50. The molecule has 1 saturated heterocycles. The fourth-order valence-electron chi connectivity index (χ4n) is 2.73. The minimum absolute atomic E-state index is 0.00834. The molecule has 0 bridgehead atoms. The third-order valence-corrected chi connectivity index (χ3v) is 4.48. The molecule has 0 saturated carbocycles. The predicted molar refractivity (Wildman–Crippen MR) is 82.2 cm³/mol. The molecule has 20 heavy (non-hydrogen) atoms. The maximum atomic E-state index is 6.24. The summed E-state index contributed by atoms with van der Waals surface area (Å²) in [5.74, 6) is 0.688. The first kappa shape index (κ1) is 15.8. The van der Waals surface area contributed by atoms with E-state index in [1.807, 2.05) is 24.3 Å². The van der Waals surface area contributed by atoms with Crippen LogP contribution in [0.2, 0.25) is 5.02 Å². The van der Waals surface area contributed by atoms with Gasteiger partial charge in [-0.1, -0.05) is 29.8 Å². The van der Waals surface area contributed by atoms with Crippen LogP contribution >= 0.6 is 11.6 Å². The highest BCUT2D eigenvalue weighted by Gasteiger charge is 2.22. The van der Waals surface area contributed by atoms with Gasteiger partial charge >= 0.3 is 0 Å². The average molecular weight is 298 g/mol. The van der Waals surface area contributed by atoms with E-state index < -0.39 is 0 Å². The molecule has 0 radical (unpaired) electrons. The Balaban J connectivity index is 1.89. The second kappa shape index (κ2) is 7.99. The van der Waals surface area contributed by atoms with Gasteiger partial charge in [0.2, 0.25) is 0 Å². The quantitative estimate of drug-likeness (QED) is 0.872. The molecule has 0 aromatic heterocycles. The van der Waals surface area contributed by atoms with Crippen LogP contribution in [0, 0.1) is 5.92 Å². The first-order valence-corrected chi connectivity index (χ1v) is 7.68. The molecule has 112 valence electrons. The molecule has 1 aliphatic heterocycles. The first-order valence-electron chi connectivity index (χ1n) is 7.30. The summed E-state index contributed by atoms with van der Waals surface area (Å²) in [5.41, 5.74) is 1.04. The van der Waals surface area contributed by atoms with Crippen LogP contribution in [0.4, 0.5) is 0 Å². The standard InChI is InChI=1S/C16H24ClNO2/c1-12(13-7-9-20-10-8-13)18-11-16(19-2)14-5-3-4-6-15(14)17/h3-6,12-13,16,18H,7-11H2,1-2H3/t12-,16+/m0/s1. The van der Waals surface area contributed by atoms with Gasteiger partial charge in [-0.05, 0) is 31.7 Å². The summed E-state index contributed by atoms with van der Waals surface area (Å²) in [5, 5.41) is 4.35. The lowest BCUT2D eigenvalue weighted by Gasteiger charge is -2.30. The Hall–Kier alpha value is -0.610. The van der Waals surface area contributed by atoms with Crippen LogP contribution in [0.25, 0.3) is 0 Å². The van der Waals surface area contributed by atoms with Gasteiger partial charge in [0.25, 0.3) is 0 Å². The van der Waals surface area contributed by atoms with E-state index in [0.717, 1.165) is 43.2 Å². The van der Waals surface area contributed by atoms with E-state index in [1.54, 1.807) is 7.11 Å². The Morgan fingerprint density at radius 2 is 2.05 bits per heavy atom. The van der Waals surface area contributed by atoms with Crippen molar-refractivity contribution in [3.05, 3.63) is 34.9 Å². The Bertz CT molecular complexity index is 407. The van der Waals surface area contributed by atoms with Crippen molar-refractivity contribution in [2.75, 3.05) is 26.9 Å². The maximum Gasteiger partial charge on any atom is 0.0959 e. The van der Waals surface area contributed by atoms with Crippen LogP contribution in [0.3, 0.4) is 0 Å². The van der Waals surface area contributed by atoms with Crippen LogP contribution in [0.15, 0.2) is 24.3 Å². The van der Waals surface area contributed by atoms with E-state index in [9.17, 15) is 0 Å². The summed E-state index contributed by atoms with van der Waals surface area (Å²) in [6, 6.07) is 8.34. The lowest BCUT2D eigenvalue weighted by atomic mass is 9.93. The number of hydrogen-bond donors (Lipinski definition) is 1. The molecule has 0 spiro atoms. The number of ether oxygens (including phenoxy) is 2. The number of benzene rings is 1. The Morgan fingerprint density at radius 1 is 1.35 bits per heavy atom. The molecule has 0 amide bonds. The summed E-state index contributed by atoms with van der Waals surface area (Å²) in [7, 11) is 1.73. The van der Waals surface area contributed by atoms with E-state index in [1.165, 1.54) is 0 Å². The summed E-state index contributed by atoms with van der Waals surface area (Å²) >= 11 is 6.24. The van der Waals surface area contributed by atoms with Crippen molar-refractivity contribution in [1.29, 1.82) is 0 Å². The second-order valence-corrected chi connectivity index (χ2v) is 5.80. The van der Waals surface area contributed by atoms with Crippen molar-refractivity contribution in [2.24, 2.45) is 5.92 Å². The van der Waals surface area contributed by atoms with E-state index in [-0.39, 0.29) is 6.10 Å². The van der Waals surface area contributed by atoms with Crippen LogP contribution in [-0.2, 0) is 9.47 Å². The smallest absolute Gasteiger partial charge is 0.0959 e. The van der Waals surface area contributed by atoms with Gasteiger partial charge in [0.15, 0.2) is 0 Å². The van der Waals surface area contributed by atoms with Gasteiger partial charge in [0, 0.05) is 43.5 Å². The second-order valence-electron chi connectivity index (χ2n) is 5.39. The highest BCUT2D eigenvalue weighted by Crippen LogP contribution is 2.25. The molecule has 0 unspecified atom stereocenters. The zero-order chi connectivity index (χ0) is 14.4. The molecule has 2 rings (SSSR count). The highest BCUT2D eigenvalue weighted by atomic mass is 35.5. The molecule has 1 heterocycles. The fourth-order valence-corrected chi connectivity index (χ4v) is 2.99. The van der Waals surface area contributed by atoms with Crippen molar-refractivity contribution < 1.29 is 9.47 Å². The van der Waals surface area contributed by atoms with Crippen LogP contribution < -0.4 is 5.32 Å². The van der Waals surface area contributed by atoms with Gasteiger partial charge in [-0.3, -0.25) is 0 Å². The molecular weight excluding hydrogens is 274 g/mol. The largest absolute Gasteiger partial charge is 0.381 e. The van der Waals surface area contributed by atoms with Crippen LogP contribution in [0.5, 0.6) is 0 Å². The minimum Gasteiger partial charge on any atom is -0.381 e. The zero-order valence-electron chi connectivity index (χ0n) is 12.3. The zero-order valence-corrected chi connectivity index (χ0v) is 13.0. The predicted octanol–water partition coefficient (Wildman–Crippen LogP) is 3.43. The number of nitrogens with one attached hydrogen (secondary N) is 1. The van der Waals surface area contributed by atoms with E-state index >= 15 is 0 Å². The van der Waals surface area contributed by atoms with Crippen molar-refractivity contribution in [3.8, 4) is 0 Å². The van der Waals surface area contributed by atoms with Gasteiger partial charge in [0.05, 0.1) is 6.10 Å². The molecule has 4 heteroatoms. The Morgan fingerprint density at radius 3 is 2.70 bits per heavy atom. The minimum atomic E-state index is -0.00834. The number of rotatable bonds is 6. The first-order chi connectivity index (χ1) is 9.72. The lowest BCUT2D eigenvalue weighted by molar-refractivity contribution is 0.0506. The normalized spacial score (nSPS) is 19.8. The Kier molecular flexibility index (Phi) is 6.30. The molecule has 1 aromatic rings. The number of hydrogen-bond acceptors (Lipinski definition) is 3.